The maximum absolute atomic E-state index is 12.1. The van der Waals surface area contributed by atoms with Crippen LogP contribution in [0.5, 0.6) is 11.5 Å². The maximum Gasteiger partial charge on any atom is 0.259 e. The average Bonchev–Trinajstić information content (AvgIpc) is 2.64. The van der Waals surface area contributed by atoms with Crippen LogP contribution >= 0.6 is 47.8 Å². The van der Waals surface area contributed by atoms with Crippen molar-refractivity contribution < 1.29 is 14.3 Å². The number of hydrogen-bond acceptors (Lipinski definition) is 5. The van der Waals surface area contributed by atoms with Gasteiger partial charge in [0.1, 0.15) is 11.5 Å². The van der Waals surface area contributed by atoms with Crippen LogP contribution in [0.1, 0.15) is 12.5 Å². The van der Waals surface area contributed by atoms with Gasteiger partial charge in [0.15, 0.2) is 0 Å². The summed E-state index contributed by atoms with van der Waals surface area (Å²) in [6, 6.07) is 9.19. The van der Waals surface area contributed by atoms with Crippen LogP contribution in [0, 0.1) is 0 Å². The van der Waals surface area contributed by atoms with Gasteiger partial charge in [0.25, 0.3) is 5.91 Å². The van der Waals surface area contributed by atoms with Gasteiger partial charge in [-0.25, -0.2) is 5.43 Å². The third-order valence-corrected chi connectivity index (χ3v) is 5.29. The van der Waals surface area contributed by atoms with E-state index in [1.165, 1.54) is 0 Å². The summed E-state index contributed by atoms with van der Waals surface area (Å²) >= 11 is 10.3. The molecule has 2 aromatic rings. The molecule has 0 saturated heterocycles. The minimum absolute atomic E-state index is 0.0648. The topological polar surface area (TPSA) is 72.0 Å². The third kappa shape index (κ3) is 5.95. The van der Waals surface area contributed by atoms with Crippen LogP contribution in [0.25, 0.3) is 0 Å². The van der Waals surface area contributed by atoms with Gasteiger partial charge in [-0.2, -0.15) is 5.10 Å². The van der Waals surface area contributed by atoms with Crippen LogP contribution in [0.15, 0.2) is 48.9 Å². The lowest BCUT2D eigenvalue weighted by atomic mass is 10.1. The summed E-state index contributed by atoms with van der Waals surface area (Å²) in [5.41, 5.74) is 4.71. The highest BCUT2D eigenvalue weighted by Crippen LogP contribution is 2.34. The van der Waals surface area contributed by atoms with Crippen molar-refractivity contribution in [3.8, 4) is 11.5 Å². The second-order valence-electron chi connectivity index (χ2n) is 5.40. The molecule has 0 aromatic heterocycles. The molecule has 0 radical (unpaired) electrons. The van der Waals surface area contributed by atoms with E-state index in [0.717, 1.165) is 24.7 Å². The van der Waals surface area contributed by atoms with Gasteiger partial charge < -0.3 is 14.8 Å². The van der Waals surface area contributed by atoms with Crippen LogP contribution in [-0.4, -0.2) is 32.4 Å². The molecule has 0 aliphatic rings. The number of methoxy groups -OCH3 is 2. The van der Waals surface area contributed by atoms with Gasteiger partial charge >= 0.3 is 0 Å². The number of nitrogens with zero attached hydrogens (tertiary/aromatic N) is 1. The van der Waals surface area contributed by atoms with Gasteiger partial charge in [-0.1, -0.05) is 15.9 Å². The van der Waals surface area contributed by atoms with Gasteiger partial charge in [-0.15, -0.1) is 0 Å². The Morgan fingerprint density at radius 1 is 1.07 bits per heavy atom. The molecule has 6 nitrogen and oxygen atoms in total. The van der Waals surface area contributed by atoms with E-state index in [-0.39, 0.29) is 12.5 Å². The Hall–Kier alpha value is -1.58. The van der Waals surface area contributed by atoms with E-state index in [1.807, 2.05) is 24.3 Å². The largest absolute Gasteiger partial charge is 0.497 e. The number of hydrogen-bond donors (Lipinski definition) is 2. The molecule has 9 heteroatoms. The summed E-state index contributed by atoms with van der Waals surface area (Å²) in [7, 11) is 3.16. The molecule has 0 spiro atoms. The highest BCUT2D eigenvalue weighted by Gasteiger charge is 2.10. The van der Waals surface area contributed by atoms with Gasteiger partial charge in [0.2, 0.25) is 0 Å². The number of amides is 1. The lowest BCUT2D eigenvalue weighted by Gasteiger charge is -2.12. The second kappa shape index (κ2) is 10.1. The third-order valence-electron chi connectivity index (χ3n) is 3.58. The zero-order valence-corrected chi connectivity index (χ0v) is 19.7. The van der Waals surface area contributed by atoms with Crippen LogP contribution in [0.4, 0.5) is 5.69 Å². The van der Waals surface area contributed by atoms with E-state index in [9.17, 15) is 4.79 Å². The fourth-order valence-electron chi connectivity index (χ4n) is 2.22. The lowest BCUT2D eigenvalue weighted by Crippen LogP contribution is -2.27. The van der Waals surface area contributed by atoms with Crippen LogP contribution < -0.4 is 20.2 Å². The molecule has 1 amide bonds. The van der Waals surface area contributed by atoms with Crippen molar-refractivity contribution in [1.29, 1.82) is 0 Å². The molecule has 0 bridgehead atoms. The number of halogens is 3. The first-order valence-electron chi connectivity index (χ1n) is 7.79. The van der Waals surface area contributed by atoms with Crippen molar-refractivity contribution in [2.45, 2.75) is 6.92 Å². The van der Waals surface area contributed by atoms with Crippen molar-refractivity contribution in [1.82, 2.24) is 5.43 Å². The monoisotopic (exact) mass is 561 g/mol. The first-order valence-corrected chi connectivity index (χ1v) is 10.2. The van der Waals surface area contributed by atoms with E-state index >= 15 is 0 Å². The summed E-state index contributed by atoms with van der Waals surface area (Å²) in [6.45, 7) is 1.86. The molecule has 2 N–H and O–H groups in total. The number of hydrazone groups is 1. The van der Waals surface area contributed by atoms with Crippen LogP contribution in [-0.2, 0) is 4.79 Å². The Morgan fingerprint density at radius 2 is 1.74 bits per heavy atom. The maximum atomic E-state index is 12.1. The molecule has 2 aromatic carbocycles. The Balaban J connectivity index is 2.02. The quantitative estimate of drug-likeness (QED) is 0.370. The van der Waals surface area contributed by atoms with Crippen molar-refractivity contribution >= 4 is 65.1 Å². The summed E-state index contributed by atoms with van der Waals surface area (Å²) in [6.07, 6.45) is 0. The summed E-state index contributed by atoms with van der Waals surface area (Å²) < 4.78 is 13.1. The first-order chi connectivity index (χ1) is 12.8. The summed E-state index contributed by atoms with van der Waals surface area (Å²) in [5.74, 6) is 1.02. The molecular formula is C18H18Br3N3O3. The van der Waals surface area contributed by atoms with Crippen molar-refractivity contribution in [2.24, 2.45) is 5.10 Å². The lowest BCUT2D eigenvalue weighted by molar-refractivity contribution is -0.119. The Kier molecular flexibility index (Phi) is 8.12. The van der Waals surface area contributed by atoms with E-state index < -0.39 is 0 Å². The number of nitrogens with one attached hydrogen (secondary N) is 2. The molecule has 0 aliphatic carbocycles. The number of carbonyl (C=O) groups excluding carboxylic acids is 1. The zero-order valence-electron chi connectivity index (χ0n) is 14.9. The van der Waals surface area contributed by atoms with Crippen molar-refractivity contribution in [3.05, 3.63) is 49.3 Å². The van der Waals surface area contributed by atoms with Gasteiger partial charge in [0.05, 0.1) is 32.2 Å². The fourth-order valence-corrected chi connectivity index (χ4v) is 4.76. The van der Waals surface area contributed by atoms with Crippen LogP contribution in [0.2, 0.25) is 0 Å². The number of ether oxygens (including phenoxy) is 2. The second-order valence-corrected chi connectivity index (χ2v) is 8.02. The highest BCUT2D eigenvalue weighted by atomic mass is 79.9. The van der Waals surface area contributed by atoms with Gasteiger partial charge in [-0.05, 0) is 63.0 Å². The summed E-state index contributed by atoms with van der Waals surface area (Å²) in [5, 5.41) is 7.23. The minimum Gasteiger partial charge on any atom is -0.497 e. The predicted octanol–water partition coefficient (Wildman–Crippen LogP) is 4.94. The van der Waals surface area contributed by atoms with Crippen LogP contribution in [0.3, 0.4) is 0 Å². The molecule has 2 rings (SSSR count). The van der Waals surface area contributed by atoms with E-state index in [1.54, 1.807) is 27.2 Å². The number of anilines is 1. The van der Waals surface area contributed by atoms with Gasteiger partial charge in [-0.3, -0.25) is 4.79 Å². The van der Waals surface area contributed by atoms with E-state index in [0.29, 0.717) is 17.2 Å². The minimum atomic E-state index is -0.274. The molecule has 0 fully saturated rings. The standard InChI is InChI=1S/C18H18Br3N3O3/c1-10(13-5-4-12(26-2)8-16(13)27-3)23-24-17(25)9-22-18-14(20)6-11(19)7-15(18)21/h4-8,22H,9H2,1-3H3,(H,24,25)/b23-10-. The number of carbonyl (C=O) groups is 1. The highest BCUT2D eigenvalue weighted by molar-refractivity contribution is 9.11. The molecule has 0 saturated carbocycles. The summed E-state index contributed by atoms with van der Waals surface area (Å²) in [4.78, 5) is 12.1. The van der Waals surface area contributed by atoms with Crippen molar-refractivity contribution in [3.63, 3.8) is 0 Å². The number of benzene rings is 2. The SMILES string of the molecule is COc1ccc(/C(C)=N\NC(=O)CNc2c(Br)cc(Br)cc2Br)c(OC)c1. The Morgan fingerprint density at radius 3 is 2.33 bits per heavy atom. The molecule has 0 heterocycles. The molecule has 0 aliphatic heterocycles. The number of rotatable bonds is 7. The Bertz CT molecular complexity index is 849. The zero-order chi connectivity index (χ0) is 20.0. The first kappa shape index (κ1) is 21.7. The van der Waals surface area contributed by atoms with Crippen molar-refractivity contribution in [2.75, 3.05) is 26.1 Å². The molecule has 0 unspecified atom stereocenters. The fraction of sp³-hybridized carbons (Fsp3) is 0.222. The predicted molar refractivity (Wildman–Crippen MR) is 118 cm³/mol. The smallest absolute Gasteiger partial charge is 0.259 e. The molecular weight excluding hydrogens is 546 g/mol. The molecule has 0 atom stereocenters. The van der Waals surface area contributed by atoms with E-state index in [4.69, 9.17) is 9.47 Å². The van der Waals surface area contributed by atoms with Gasteiger partial charge in [0, 0.05) is 25.0 Å². The molecule has 144 valence electrons. The Labute approximate surface area is 183 Å². The normalized spacial score (nSPS) is 11.1. The average molecular weight is 564 g/mol. The molecule has 27 heavy (non-hydrogen) atoms. The van der Waals surface area contributed by atoms with E-state index in [2.05, 4.69) is 63.6 Å².